The van der Waals surface area contributed by atoms with Gasteiger partial charge in [0.25, 0.3) is 0 Å². The Balaban J connectivity index is 1.85. The standard InChI is InChI=1S/C17H16N4/c1-12-11-19-17(18)21-16(12)13-7-9-15(10-8-13)20-14-5-3-2-4-6-14/h2-11,20H,1H3,(H2,18,19,21). The van der Waals surface area contributed by atoms with E-state index in [0.29, 0.717) is 5.95 Å². The van der Waals surface area contributed by atoms with Crippen molar-refractivity contribution >= 4 is 17.3 Å². The Hall–Kier alpha value is -2.88. The third-order valence-electron chi connectivity index (χ3n) is 3.21. The molecule has 0 spiro atoms. The van der Waals surface area contributed by atoms with E-state index in [1.165, 1.54) is 0 Å². The Labute approximate surface area is 123 Å². The molecule has 0 aliphatic carbocycles. The van der Waals surface area contributed by atoms with Gasteiger partial charge in [-0.1, -0.05) is 30.3 Å². The number of aryl methyl sites for hydroxylation is 1. The van der Waals surface area contributed by atoms with Gasteiger partial charge in [-0.15, -0.1) is 0 Å². The van der Waals surface area contributed by atoms with Gasteiger partial charge in [0.1, 0.15) is 0 Å². The number of nitrogens with zero attached hydrogens (tertiary/aromatic N) is 2. The molecule has 4 heteroatoms. The van der Waals surface area contributed by atoms with Crippen LogP contribution in [0.5, 0.6) is 0 Å². The Kier molecular flexibility index (Phi) is 3.51. The first-order chi connectivity index (χ1) is 10.2. The summed E-state index contributed by atoms with van der Waals surface area (Å²) in [7, 11) is 0. The number of hydrogen-bond acceptors (Lipinski definition) is 4. The van der Waals surface area contributed by atoms with Gasteiger partial charge in [-0.25, -0.2) is 9.97 Å². The molecular weight excluding hydrogens is 260 g/mol. The molecule has 0 fully saturated rings. The van der Waals surface area contributed by atoms with E-state index in [4.69, 9.17) is 5.73 Å². The van der Waals surface area contributed by atoms with Gasteiger partial charge in [0.15, 0.2) is 0 Å². The number of nitrogens with one attached hydrogen (secondary N) is 1. The molecule has 3 N–H and O–H groups in total. The highest BCUT2D eigenvalue weighted by Crippen LogP contribution is 2.24. The van der Waals surface area contributed by atoms with Crippen LogP contribution in [0, 0.1) is 6.92 Å². The van der Waals surface area contributed by atoms with Gasteiger partial charge in [0.2, 0.25) is 5.95 Å². The molecule has 0 atom stereocenters. The van der Waals surface area contributed by atoms with E-state index < -0.39 is 0 Å². The summed E-state index contributed by atoms with van der Waals surface area (Å²) < 4.78 is 0. The van der Waals surface area contributed by atoms with Gasteiger partial charge in [0.05, 0.1) is 5.69 Å². The SMILES string of the molecule is Cc1cnc(N)nc1-c1ccc(Nc2ccccc2)cc1. The number of nitrogen functional groups attached to an aromatic ring is 1. The molecule has 3 aromatic rings. The van der Waals surface area contributed by atoms with E-state index in [-0.39, 0.29) is 0 Å². The Morgan fingerprint density at radius 3 is 2.29 bits per heavy atom. The molecule has 1 heterocycles. The van der Waals surface area contributed by atoms with E-state index in [9.17, 15) is 0 Å². The van der Waals surface area contributed by atoms with Crippen LogP contribution >= 0.6 is 0 Å². The van der Waals surface area contributed by atoms with Gasteiger partial charge < -0.3 is 11.1 Å². The van der Waals surface area contributed by atoms with Crippen molar-refractivity contribution in [2.45, 2.75) is 6.92 Å². The molecule has 0 aliphatic heterocycles. The summed E-state index contributed by atoms with van der Waals surface area (Å²) in [5, 5.41) is 3.35. The molecule has 0 saturated carbocycles. The van der Waals surface area contributed by atoms with E-state index in [0.717, 1.165) is 28.2 Å². The maximum absolute atomic E-state index is 5.66. The van der Waals surface area contributed by atoms with Crippen LogP contribution in [0.1, 0.15) is 5.56 Å². The van der Waals surface area contributed by atoms with Crippen molar-refractivity contribution in [3.05, 3.63) is 66.4 Å². The monoisotopic (exact) mass is 276 g/mol. The summed E-state index contributed by atoms with van der Waals surface area (Å²) in [4.78, 5) is 8.30. The minimum atomic E-state index is 0.294. The average Bonchev–Trinajstić information content (AvgIpc) is 2.52. The Morgan fingerprint density at radius 2 is 1.57 bits per heavy atom. The first kappa shape index (κ1) is 13.1. The normalized spacial score (nSPS) is 10.3. The zero-order chi connectivity index (χ0) is 14.7. The van der Waals surface area contributed by atoms with Crippen molar-refractivity contribution in [2.24, 2.45) is 0 Å². The van der Waals surface area contributed by atoms with Crippen LogP contribution in [0.15, 0.2) is 60.8 Å². The molecule has 2 aromatic carbocycles. The Bertz CT molecular complexity index is 736. The summed E-state index contributed by atoms with van der Waals surface area (Å²) in [5.41, 5.74) is 10.7. The average molecular weight is 276 g/mol. The van der Waals surface area contributed by atoms with Crippen LogP contribution < -0.4 is 11.1 Å². The van der Waals surface area contributed by atoms with Gasteiger partial charge >= 0.3 is 0 Å². The highest BCUT2D eigenvalue weighted by Gasteiger charge is 2.05. The van der Waals surface area contributed by atoms with Crippen LogP contribution in [-0.2, 0) is 0 Å². The minimum absolute atomic E-state index is 0.294. The quantitative estimate of drug-likeness (QED) is 0.764. The number of hydrogen-bond donors (Lipinski definition) is 2. The molecule has 4 nitrogen and oxygen atoms in total. The summed E-state index contributed by atoms with van der Waals surface area (Å²) >= 11 is 0. The fourth-order valence-electron chi connectivity index (χ4n) is 2.15. The lowest BCUT2D eigenvalue weighted by molar-refractivity contribution is 1.15. The lowest BCUT2D eigenvalue weighted by Crippen LogP contribution is -1.98. The molecule has 0 unspecified atom stereocenters. The van der Waals surface area contributed by atoms with Crippen molar-refractivity contribution in [1.82, 2.24) is 9.97 Å². The van der Waals surface area contributed by atoms with Crippen molar-refractivity contribution in [1.29, 1.82) is 0 Å². The second kappa shape index (κ2) is 5.63. The van der Waals surface area contributed by atoms with E-state index >= 15 is 0 Å². The molecule has 104 valence electrons. The number of anilines is 3. The van der Waals surface area contributed by atoms with Crippen molar-refractivity contribution in [3.8, 4) is 11.3 Å². The van der Waals surface area contributed by atoms with Crippen LogP contribution in [0.3, 0.4) is 0 Å². The molecule has 0 amide bonds. The van der Waals surface area contributed by atoms with Crippen LogP contribution in [0.4, 0.5) is 17.3 Å². The molecule has 0 saturated heterocycles. The lowest BCUT2D eigenvalue weighted by Gasteiger charge is -2.09. The van der Waals surface area contributed by atoms with Gasteiger partial charge in [-0.2, -0.15) is 0 Å². The third kappa shape index (κ3) is 3.00. The zero-order valence-corrected chi connectivity index (χ0v) is 11.7. The fourth-order valence-corrected chi connectivity index (χ4v) is 2.15. The summed E-state index contributed by atoms with van der Waals surface area (Å²) in [6.45, 7) is 1.98. The highest BCUT2D eigenvalue weighted by molar-refractivity contribution is 5.68. The fraction of sp³-hybridized carbons (Fsp3) is 0.0588. The van der Waals surface area contributed by atoms with Crippen molar-refractivity contribution in [2.75, 3.05) is 11.1 Å². The molecule has 0 bridgehead atoms. The van der Waals surface area contributed by atoms with Crippen LogP contribution in [0.25, 0.3) is 11.3 Å². The molecular formula is C17H16N4. The molecule has 1 aromatic heterocycles. The summed E-state index contributed by atoms with van der Waals surface area (Å²) in [6, 6.07) is 18.2. The zero-order valence-electron chi connectivity index (χ0n) is 11.7. The van der Waals surface area contributed by atoms with Crippen molar-refractivity contribution in [3.63, 3.8) is 0 Å². The smallest absolute Gasteiger partial charge is 0.220 e. The predicted molar refractivity (Wildman–Crippen MR) is 86.3 cm³/mol. The van der Waals surface area contributed by atoms with E-state index in [1.807, 2.05) is 61.5 Å². The summed E-state index contributed by atoms with van der Waals surface area (Å²) in [5.74, 6) is 0.294. The van der Waals surface area contributed by atoms with E-state index in [2.05, 4.69) is 15.3 Å². The first-order valence-electron chi connectivity index (χ1n) is 6.74. The molecule has 0 aliphatic rings. The lowest BCUT2D eigenvalue weighted by atomic mass is 10.1. The summed E-state index contributed by atoms with van der Waals surface area (Å²) in [6.07, 6.45) is 1.74. The van der Waals surface area contributed by atoms with Gasteiger partial charge in [0, 0.05) is 23.1 Å². The van der Waals surface area contributed by atoms with Crippen LogP contribution in [-0.4, -0.2) is 9.97 Å². The van der Waals surface area contributed by atoms with Crippen LogP contribution in [0.2, 0.25) is 0 Å². The number of para-hydroxylation sites is 1. The minimum Gasteiger partial charge on any atom is -0.368 e. The number of rotatable bonds is 3. The second-order valence-corrected chi connectivity index (χ2v) is 4.83. The second-order valence-electron chi connectivity index (χ2n) is 4.83. The third-order valence-corrected chi connectivity index (χ3v) is 3.21. The predicted octanol–water partition coefficient (Wildman–Crippen LogP) is 3.78. The Morgan fingerprint density at radius 1 is 0.905 bits per heavy atom. The van der Waals surface area contributed by atoms with Gasteiger partial charge in [-0.3, -0.25) is 0 Å². The molecule has 3 rings (SSSR count). The molecule has 0 radical (unpaired) electrons. The number of nitrogens with two attached hydrogens (primary N) is 1. The topological polar surface area (TPSA) is 63.8 Å². The first-order valence-corrected chi connectivity index (χ1v) is 6.74. The maximum atomic E-state index is 5.66. The number of benzene rings is 2. The van der Waals surface area contributed by atoms with E-state index in [1.54, 1.807) is 6.20 Å². The largest absolute Gasteiger partial charge is 0.368 e. The van der Waals surface area contributed by atoms with Gasteiger partial charge in [-0.05, 0) is 36.8 Å². The maximum Gasteiger partial charge on any atom is 0.220 e. The molecule has 21 heavy (non-hydrogen) atoms. The highest BCUT2D eigenvalue weighted by atomic mass is 15.0. The van der Waals surface area contributed by atoms with Crippen molar-refractivity contribution < 1.29 is 0 Å². The number of aromatic nitrogens is 2.